The Balaban J connectivity index is 2.90. The molecular formula is C7H9BClFO3. The van der Waals surface area contributed by atoms with Crippen molar-refractivity contribution in [2.24, 2.45) is 0 Å². The molecule has 1 heterocycles. The predicted octanol–water partition coefficient (Wildman–Crippen LogP) is -1.39. The lowest BCUT2D eigenvalue weighted by Gasteiger charge is -2.19. The zero-order chi connectivity index (χ0) is 10.1. The summed E-state index contributed by atoms with van der Waals surface area (Å²) in [6.07, 6.45) is -2.39. The second-order valence-electron chi connectivity index (χ2n) is 2.93. The molecule has 0 aromatic rings. The average Bonchev–Trinajstić information content (AvgIpc) is 2.31. The first-order chi connectivity index (χ1) is 6.06. The van der Waals surface area contributed by atoms with Crippen LogP contribution in [-0.2, 0) is 4.74 Å². The Morgan fingerprint density at radius 2 is 2.31 bits per heavy atom. The Morgan fingerprint density at radius 3 is 2.69 bits per heavy atom. The van der Waals surface area contributed by atoms with Crippen molar-refractivity contribution in [3.05, 3.63) is 0 Å². The van der Waals surface area contributed by atoms with Crippen LogP contribution >= 0.6 is 11.6 Å². The Hall–Kier alpha value is -0.275. The van der Waals surface area contributed by atoms with E-state index in [1.54, 1.807) is 0 Å². The van der Waals surface area contributed by atoms with E-state index in [1.165, 1.54) is 7.85 Å². The maximum Gasteiger partial charge on any atom is 0.218 e. The van der Waals surface area contributed by atoms with Crippen LogP contribution in [0.3, 0.4) is 0 Å². The van der Waals surface area contributed by atoms with E-state index in [9.17, 15) is 9.50 Å². The molecule has 0 aromatic carbocycles. The monoisotopic (exact) mass is 206 g/mol. The lowest BCUT2D eigenvalue weighted by molar-refractivity contribution is -0.00798. The van der Waals surface area contributed by atoms with Gasteiger partial charge in [0.05, 0.1) is 12.6 Å². The summed E-state index contributed by atoms with van der Waals surface area (Å²) < 4.78 is 18.7. The molecule has 0 aliphatic carbocycles. The molecule has 4 atom stereocenters. The number of aliphatic hydroxyl groups is 2. The van der Waals surface area contributed by atoms with Gasteiger partial charge in [-0.25, -0.2) is 4.39 Å². The number of hydrogen-bond donors (Lipinski definition) is 2. The highest BCUT2D eigenvalue weighted by Crippen LogP contribution is 2.32. The van der Waals surface area contributed by atoms with Gasteiger partial charge in [0.2, 0.25) is 5.67 Å². The fourth-order valence-electron chi connectivity index (χ4n) is 1.34. The first-order valence-corrected chi connectivity index (χ1v) is 4.20. The lowest BCUT2D eigenvalue weighted by atomic mass is 9.82. The molecule has 2 N–H and O–H groups in total. The number of aliphatic hydroxyl groups excluding tert-OH is 2. The Labute approximate surface area is 81.2 Å². The highest BCUT2D eigenvalue weighted by Gasteiger charge is 2.53. The first-order valence-electron chi connectivity index (χ1n) is 3.82. The highest BCUT2D eigenvalue weighted by atomic mass is 35.5. The van der Waals surface area contributed by atoms with Crippen LogP contribution in [-0.4, -0.2) is 48.5 Å². The van der Waals surface area contributed by atoms with Crippen molar-refractivity contribution in [3.8, 4) is 11.3 Å². The zero-order valence-corrected chi connectivity index (χ0v) is 7.75. The van der Waals surface area contributed by atoms with Crippen LogP contribution in [0.5, 0.6) is 0 Å². The topological polar surface area (TPSA) is 49.7 Å². The summed E-state index contributed by atoms with van der Waals surface area (Å²) in [4.78, 5) is 0. The van der Waals surface area contributed by atoms with Gasteiger partial charge in [0.15, 0.2) is 0 Å². The molecule has 0 aromatic heterocycles. The van der Waals surface area contributed by atoms with E-state index in [0.717, 1.165) is 0 Å². The molecule has 1 saturated heterocycles. The summed E-state index contributed by atoms with van der Waals surface area (Å²) in [5.74, 6) is 2.05. The van der Waals surface area contributed by atoms with E-state index >= 15 is 0 Å². The van der Waals surface area contributed by atoms with Gasteiger partial charge in [0, 0.05) is 5.38 Å². The smallest absolute Gasteiger partial charge is 0.218 e. The molecule has 13 heavy (non-hydrogen) atoms. The molecule has 0 radical (unpaired) electrons. The Morgan fingerprint density at radius 1 is 1.69 bits per heavy atom. The molecule has 1 rings (SSSR count). The van der Waals surface area contributed by atoms with Gasteiger partial charge in [-0.2, -0.15) is 0 Å². The van der Waals surface area contributed by atoms with Crippen LogP contribution < -0.4 is 0 Å². The molecule has 1 fully saturated rings. The third-order valence-corrected chi connectivity index (χ3v) is 2.27. The molecule has 0 amide bonds. The zero-order valence-electron chi connectivity index (χ0n) is 7.00. The van der Waals surface area contributed by atoms with E-state index in [0.29, 0.717) is 0 Å². The van der Waals surface area contributed by atoms with E-state index in [1.807, 2.05) is 11.3 Å². The van der Waals surface area contributed by atoms with Crippen LogP contribution in [0.25, 0.3) is 0 Å². The standard InChI is InChI=1S/C7H9BClFO3/c8-6-7(10,1-2-9)5(12)4(3-11)13-6/h4-6,11-12H,3,8H2/t4-,5?,6-,7?/m1/s1. The number of alkyl halides is 1. The Kier molecular flexibility index (Phi) is 3.20. The van der Waals surface area contributed by atoms with Gasteiger partial charge in [0.25, 0.3) is 0 Å². The van der Waals surface area contributed by atoms with Gasteiger partial charge in [0.1, 0.15) is 20.1 Å². The van der Waals surface area contributed by atoms with Crippen LogP contribution in [0, 0.1) is 11.3 Å². The SMILES string of the molecule is B[C@@H]1O[C@H](CO)C(O)C1(F)C#CCl. The minimum Gasteiger partial charge on any atom is -0.394 e. The largest absolute Gasteiger partial charge is 0.394 e. The number of ether oxygens (including phenoxy) is 1. The van der Waals surface area contributed by atoms with Gasteiger partial charge in [-0.15, -0.1) is 0 Å². The van der Waals surface area contributed by atoms with Gasteiger partial charge in [-0.05, 0) is 17.5 Å². The number of rotatable bonds is 1. The molecule has 1 aliphatic heterocycles. The minimum atomic E-state index is -2.19. The second-order valence-corrected chi connectivity index (χ2v) is 3.12. The quantitative estimate of drug-likeness (QED) is 0.410. The van der Waals surface area contributed by atoms with E-state index in [-0.39, 0.29) is 0 Å². The fourth-order valence-corrected chi connectivity index (χ4v) is 1.48. The summed E-state index contributed by atoms with van der Waals surface area (Å²) >= 11 is 5.06. The third-order valence-electron chi connectivity index (χ3n) is 2.17. The minimum absolute atomic E-state index is 0.443. The molecule has 6 heteroatoms. The second kappa shape index (κ2) is 3.85. The molecule has 0 spiro atoms. The van der Waals surface area contributed by atoms with E-state index in [4.69, 9.17) is 21.4 Å². The summed E-state index contributed by atoms with van der Waals surface area (Å²) in [5.41, 5.74) is -2.19. The van der Waals surface area contributed by atoms with E-state index in [2.05, 4.69) is 0 Å². The van der Waals surface area contributed by atoms with Gasteiger partial charge in [-0.1, -0.05) is 0 Å². The third kappa shape index (κ3) is 1.68. The fraction of sp³-hybridized carbons (Fsp3) is 0.714. The molecule has 0 bridgehead atoms. The maximum atomic E-state index is 13.8. The van der Waals surface area contributed by atoms with Crippen molar-refractivity contribution in [2.45, 2.75) is 23.9 Å². The van der Waals surface area contributed by atoms with Gasteiger partial charge >= 0.3 is 0 Å². The molecule has 72 valence electrons. The normalized spacial score (nSPS) is 44.2. The summed E-state index contributed by atoms with van der Waals surface area (Å²) in [6.45, 7) is -0.443. The summed E-state index contributed by atoms with van der Waals surface area (Å²) in [6, 6.07) is -0.897. The molecule has 0 saturated carbocycles. The lowest BCUT2D eigenvalue weighted by Crippen LogP contribution is -2.43. The highest BCUT2D eigenvalue weighted by molar-refractivity contribution is 6.30. The number of halogens is 2. The average molecular weight is 206 g/mol. The van der Waals surface area contributed by atoms with E-state index < -0.39 is 30.5 Å². The van der Waals surface area contributed by atoms with Crippen molar-refractivity contribution in [1.82, 2.24) is 0 Å². The van der Waals surface area contributed by atoms with Crippen LogP contribution in [0.15, 0.2) is 0 Å². The molecule has 2 unspecified atom stereocenters. The molecule has 3 nitrogen and oxygen atoms in total. The van der Waals surface area contributed by atoms with Crippen LogP contribution in [0.2, 0.25) is 0 Å². The van der Waals surface area contributed by atoms with Crippen LogP contribution in [0.4, 0.5) is 4.39 Å². The number of hydrogen-bond acceptors (Lipinski definition) is 3. The van der Waals surface area contributed by atoms with Crippen LogP contribution in [0.1, 0.15) is 0 Å². The maximum absolute atomic E-state index is 13.8. The van der Waals surface area contributed by atoms with Gasteiger partial charge in [-0.3, -0.25) is 0 Å². The van der Waals surface area contributed by atoms with Crippen molar-refractivity contribution in [2.75, 3.05) is 6.61 Å². The molecular weight excluding hydrogens is 197 g/mol. The molecule has 1 aliphatic rings. The summed E-state index contributed by atoms with van der Waals surface area (Å²) in [7, 11) is 1.43. The predicted molar refractivity (Wildman–Crippen MR) is 47.8 cm³/mol. The van der Waals surface area contributed by atoms with Crippen molar-refractivity contribution in [1.29, 1.82) is 0 Å². The Bertz CT molecular complexity index is 254. The van der Waals surface area contributed by atoms with Crippen molar-refractivity contribution >= 4 is 19.4 Å². The summed E-state index contributed by atoms with van der Waals surface area (Å²) in [5, 5.41) is 20.0. The van der Waals surface area contributed by atoms with Crippen molar-refractivity contribution in [3.63, 3.8) is 0 Å². The van der Waals surface area contributed by atoms with Crippen molar-refractivity contribution < 1.29 is 19.3 Å². The first kappa shape index (κ1) is 10.8. The van der Waals surface area contributed by atoms with Gasteiger partial charge < -0.3 is 14.9 Å².